The molecule has 1 aromatic rings. The Labute approximate surface area is 81.9 Å². The molecule has 0 atom stereocenters. The van der Waals surface area contributed by atoms with Gasteiger partial charge in [-0.15, -0.1) is 0 Å². The van der Waals surface area contributed by atoms with E-state index in [9.17, 15) is 4.79 Å². The van der Waals surface area contributed by atoms with Crippen molar-refractivity contribution in [3.8, 4) is 0 Å². The van der Waals surface area contributed by atoms with Crippen molar-refractivity contribution >= 4 is 12.0 Å². The molecule has 0 saturated heterocycles. The van der Waals surface area contributed by atoms with Gasteiger partial charge in [0.25, 0.3) is 0 Å². The molecule has 0 radical (unpaired) electrons. The number of hydrogen-bond donors (Lipinski definition) is 1. The summed E-state index contributed by atoms with van der Waals surface area (Å²) in [5.41, 5.74) is 0.331. The summed E-state index contributed by atoms with van der Waals surface area (Å²) in [6.45, 7) is 2.33. The van der Waals surface area contributed by atoms with E-state index in [1.54, 1.807) is 37.3 Å². The van der Waals surface area contributed by atoms with Crippen LogP contribution in [0.4, 0.5) is 0 Å². The molecule has 0 aromatic heterocycles. The topological polar surface area (TPSA) is 66.7 Å². The lowest BCUT2D eigenvalue weighted by atomic mass is 10.2. The number of rotatable bonds is 2. The van der Waals surface area contributed by atoms with Crippen LogP contribution in [0, 0.1) is 0 Å². The van der Waals surface area contributed by atoms with Gasteiger partial charge in [-0.3, -0.25) is 0 Å². The van der Waals surface area contributed by atoms with Crippen molar-refractivity contribution < 1.29 is 14.7 Å². The highest BCUT2D eigenvalue weighted by Crippen LogP contribution is 1.96. The highest BCUT2D eigenvalue weighted by Gasteiger charge is 1.96. The molecule has 0 aliphatic carbocycles. The second-order valence-corrected chi connectivity index (χ2v) is 2.24. The van der Waals surface area contributed by atoms with Crippen LogP contribution in [0.2, 0.25) is 0 Å². The number of carbonyl (C=O) groups is 1. The smallest absolute Gasteiger partial charge is 0.335 e. The van der Waals surface area contributed by atoms with Gasteiger partial charge in [0.05, 0.1) is 5.56 Å². The molecule has 0 bridgehead atoms. The lowest BCUT2D eigenvalue weighted by Gasteiger charge is -1.88. The first-order valence-electron chi connectivity index (χ1n) is 4.04. The Bertz CT molecular complexity index is 315. The minimum absolute atomic E-state index is 0.331. The lowest BCUT2D eigenvalue weighted by molar-refractivity contribution is 0.0697. The quantitative estimate of drug-likeness (QED) is 0.574. The number of isocyanates is 1. The fourth-order valence-electron chi connectivity index (χ4n) is 0.645. The summed E-state index contributed by atoms with van der Waals surface area (Å²) in [4.78, 5) is 22.5. The van der Waals surface area contributed by atoms with Crippen molar-refractivity contribution in [2.75, 3.05) is 6.54 Å². The molecule has 1 rings (SSSR count). The van der Waals surface area contributed by atoms with E-state index in [-0.39, 0.29) is 0 Å². The fourth-order valence-corrected chi connectivity index (χ4v) is 0.645. The number of nitrogens with zero attached hydrogens (tertiary/aromatic N) is 1. The normalized spacial score (nSPS) is 7.79. The summed E-state index contributed by atoms with van der Waals surface area (Å²) < 4.78 is 0. The van der Waals surface area contributed by atoms with Crippen LogP contribution < -0.4 is 0 Å². The average molecular weight is 193 g/mol. The van der Waals surface area contributed by atoms with Crippen LogP contribution in [-0.4, -0.2) is 23.7 Å². The van der Waals surface area contributed by atoms with Crippen LogP contribution in [0.15, 0.2) is 35.3 Å². The molecule has 0 amide bonds. The molecule has 0 aliphatic rings. The molecular weight excluding hydrogens is 182 g/mol. The van der Waals surface area contributed by atoms with Crippen molar-refractivity contribution in [1.29, 1.82) is 0 Å². The Hall–Kier alpha value is -1.93. The molecule has 0 heterocycles. The van der Waals surface area contributed by atoms with E-state index < -0.39 is 5.97 Å². The lowest BCUT2D eigenvalue weighted by Crippen LogP contribution is -1.93. The first-order valence-corrected chi connectivity index (χ1v) is 4.04. The number of benzene rings is 1. The van der Waals surface area contributed by atoms with Gasteiger partial charge in [0, 0.05) is 6.54 Å². The van der Waals surface area contributed by atoms with Gasteiger partial charge in [0.2, 0.25) is 6.08 Å². The Kier molecular flexibility index (Phi) is 6.64. The summed E-state index contributed by atoms with van der Waals surface area (Å²) >= 11 is 0. The SMILES string of the molecule is CCN=C=O.O=C(O)c1ccccc1. The highest BCUT2D eigenvalue weighted by atomic mass is 16.4. The molecule has 4 nitrogen and oxygen atoms in total. The van der Waals surface area contributed by atoms with Gasteiger partial charge in [-0.05, 0) is 19.1 Å². The molecule has 0 unspecified atom stereocenters. The minimum Gasteiger partial charge on any atom is -0.478 e. The van der Waals surface area contributed by atoms with Gasteiger partial charge in [-0.25, -0.2) is 14.6 Å². The zero-order valence-corrected chi connectivity index (χ0v) is 7.80. The third-order valence-electron chi connectivity index (χ3n) is 1.24. The predicted octanol–water partition coefficient (Wildman–Crippen LogP) is 1.73. The molecule has 0 spiro atoms. The van der Waals surface area contributed by atoms with E-state index in [4.69, 9.17) is 9.90 Å². The summed E-state index contributed by atoms with van der Waals surface area (Å²) in [6, 6.07) is 8.30. The van der Waals surface area contributed by atoms with Crippen molar-refractivity contribution in [2.45, 2.75) is 6.92 Å². The fraction of sp³-hybridized carbons (Fsp3) is 0.200. The van der Waals surface area contributed by atoms with Gasteiger partial charge in [0.1, 0.15) is 0 Å². The third-order valence-corrected chi connectivity index (χ3v) is 1.24. The Morgan fingerprint density at radius 1 is 1.43 bits per heavy atom. The van der Waals surface area contributed by atoms with E-state index in [1.165, 1.54) is 6.08 Å². The predicted molar refractivity (Wildman–Crippen MR) is 52.1 cm³/mol. The summed E-state index contributed by atoms with van der Waals surface area (Å²) in [6.07, 6.45) is 1.39. The Balaban J connectivity index is 0.000000292. The van der Waals surface area contributed by atoms with Crippen molar-refractivity contribution in [3.63, 3.8) is 0 Å². The maximum absolute atomic E-state index is 10.2. The number of carbonyl (C=O) groups excluding carboxylic acids is 1. The van der Waals surface area contributed by atoms with E-state index in [1.807, 2.05) is 0 Å². The van der Waals surface area contributed by atoms with E-state index >= 15 is 0 Å². The summed E-state index contributed by atoms with van der Waals surface area (Å²) in [5, 5.41) is 8.38. The first kappa shape index (κ1) is 12.1. The zero-order chi connectivity index (χ0) is 10.8. The molecule has 0 fully saturated rings. The number of hydrogen-bond acceptors (Lipinski definition) is 3. The number of aliphatic imine (C=N–C) groups is 1. The van der Waals surface area contributed by atoms with E-state index in [0.29, 0.717) is 12.1 Å². The van der Waals surface area contributed by atoms with Crippen molar-refractivity contribution in [2.24, 2.45) is 4.99 Å². The van der Waals surface area contributed by atoms with Crippen LogP contribution >= 0.6 is 0 Å². The zero-order valence-electron chi connectivity index (χ0n) is 7.80. The molecule has 4 heteroatoms. The van der Waals surface area contributed by atoms with Crippen LogP contribution in [0.1, 0.15) is 17.3 Å². The monoisotopic (exact) mass is 193 g/mol. The molecule has 14 heavy (non-hydrogen) atoms. The molecule has 1 aromatic carbocycles. The van der Waals surface area contributed by atoms with E-state index in [2.05, 4.69) is 4.99 Å². The second kappa shape index (κ2) is 7.71. The number of carboxylic acids is 1. The molecule has 1 N–H and O–H groups in total. The Morgan fingerprint density at radius 2 is 2.00 bits per heavy atom. The van der Waals surface area contributed by atoms with Gasteiger partial charge in [-0.2, -0.15) is 0 Å². The van der Waals surface area contributed by atoms with Gasteiger partial charge >= 0.3 is 5.97 Å². The molecule has 0 saturated carbocycles. The molecule has 74 valence electrons. The van der Waals surface area contributed by atoms with Crippen LogP contribution in [0.3, 0.4) is 0 Å². The standard InChI is InChI=1S/C7H6O2.C3H5NO/c8-7(9)6-4-2-1-3-5-6;1-2-4-3-5/h1-5H,(H,8,9);2H2,1H3. The van der Waals surface area contributed by atoms with Crippen LogP contribution in [0.5, 0.6) is 0 Å². The van der Waals surface area contributed by atoms with Crippen molar-refractivity contribution in [1.82, 2.24) is 0 Å². The Morgan fingerprint density at radius 3 is 2.21 bits per heavy atom. The average Bonchev–Trinajstić information content (AvgIpc) is 2.21. The number of carboxylic acid groups (broad SMARTS) is 1. The largest absolute Gasteiger partial charge is 0.478 e. The minimum atomic E-state index is -0.879. The highest BCUT2D eigenvalue weighted by molar-refractivity contribution is 5.87. The number of aromatic carboxylic acids is 1. The van der Waals surface area contributed by atoms with Gasteiger partial charge < -0.3 is 5.11 Å². The van der Waals surface area contributed by atoms with E-state index in [0.717, 1.165) is 0 Å². The second-order valence-electron chi connectivity index (χ2n) is 2.24. The van der Waals surface area contributed by atoms with Gasteiger partial charge in [-0.1, -0.05) is 18.2 Å². The first-order chi connectivity index (χ1) is 6.72. The third kappa shape index (κ3) is 5.69. The van der Waals surface area contributed by atoms with Crippen molar-refractivity contribution in [3.05, 3.63) is 35.9 Å². The van der Waals surface area contributed by atoms with Crippen LogP contribution in [0.25, 0.3) is 0 Å². The molecule has 0 aliphatic heterocycles. The van der Waals surface area contributed by atoms with Crippen LogP contribution in [-0.2, 0) is 4.79 Å². The summed E-state index contributed by atoms with van der Waals surface area (Å²) in [5.74, 6) is -0.879. The maximum Gasteiger partial charge on any atom is 0.335 e. The molecular formula is C10H11NO3. The maximum atomic E-state index is 10.2. The van der Waals surface area contributed by atoms with Gasteiger partial charge in [0.15, 0.2) is 0 Å². The summed E-state index contributed by atoms with van der Waals surface area (Å²) in [7, 11) is 0.